The highest BCUT2D eigenvalue weighted by Gasteiger charge is 2.38. The molecule has 2 atom stereocenters. The van der Waals surface area contributed by atoms with Crippen molar-refractivity contribution < 1.29 is 23.9 Å². The van der Waals surface area contributed by atoms with Gasteiger partial charge in [0.2, 0.25) is 17.7 Å². The van der Waals surface area contributed by atoms with E-state index in [-0.39, 0.29) is 42.6 Å². The third-order valence-corrected chi connectivity index (χ3v) is 6.37. The highest BCUT2D eigenvalue weighted by molar-refractivity contribution is 6.02. The summed E-state index contributed by atoms with van der Waals surface area (Å²) in [4.78, 5) is 40.2. The number of nitrogens with one attached hydrogen (secondary N) is 2. The number of carbonyl (C=O) groups excluding carboxylic acids is 3. The summed E-state index contributed by atoms with van der Waals surface area (Å²) in [6.07, 6.45) is 5.51. The molecule has 1 aliphatic heterocycles. The topological polar surface area (TPSA) is 97.0 Å². The Labute approximate surface area is 190 Å². The Balaban J connectivity index is 1.67. The zero-order chi connectivity index (χ0) is 23.3. The first kappa shape index (κ1) is 23.9. The Bertz CT molecular complexity index is 835. The predicted octanol–water partition coefficient (Wildman–Crippen LogP) is 2.65. The molecule has 2 unspecified atom stereocenters. The summed E-state index contributed by atoms with van der Waals surface area (Å²) in [6, 6.07) is 4.77. The van der Waals surface area contributed by atoms with E-state index in [9.17, 15) is 14.4 Å². The van der Waals surface area contributed by atoms with Crippen LogP contribution >= 0.6 is 0 Å². The van der Waals surface area contributed by atoms with Gasteiger partial charge in [-0.3, -0.25) is 14.4 Å². The van der Waals surface area contributed by atoms with Crippen LogP contribution in [-0.4, -0.2) is 50.6 Å². The number of anilines is 1. The Hall–Kier alpha value is -2.77. The number of hydrogen-bond donors (Lipinski definition) is 2. The maximum atomic E-state index is 13.0. The number of benzene rings is 1. The molecule has 176 valence electrons. The Morgan fingerprint density at radius 2 is 1.81 bits per heavy atom. The molecule has 2 aliphatic rings. The number of rotatable bonds is 8. The summed E-state index contributed by atoms with van der Waals surface area (Å²) < 4.78 is 10.7. The molecule has 1 aromatic rings. The molecule has 0 radical (unpaired) electrons. The van der Waals surface area contributed by atoms with Gasteiger partial charge in [-0.2, -0.15) is 0 Å². The minimum absolute atomic E-state index is 0.0609. The first-order chi connectivity index (χ1) is 15.3. The van der Waals surface area contributed by atoms with Gasteiger partial charge in [0.1, 0.15) is 17.5 Å². The van der Waals surface area contributed by atoms with Gasteiger partial charge < -0.3 is 25.0 Å². The highest BCUT2D eigenvalue weighted by Crippen LogP contribution is 2.36. The van der Waals surface area contributed by atoms with Crippen molar-refractivity contribution >= 4 is 23.4 Å². The number of methoxy groups -OCH3 is 2. The Kier molecular flexibility index (Phi) is 7.99. The van der Waals surface area contributed by atoms with E-state index in [4.69, 9.17) is 9.47 Å². The third kappa shape index (κ3) is 5.53. The first-order valence-corrected chi connectivity index (χ1v) is 11.5. The van der Waals surface area contributed by atoms with Gasteiger partial charge in [0.25, 0.3) is 0 Å². The van der Waals surface area contributed by atoms with Gasteiger partial charge >= 0.3 is 0 Å². The van der Waals surface area contributed by atoms with Crippen molar-refractivity contribution in [1.82, 2.24) is 10.6 Å². The van der Waals surface area contributed by atoms with E-state index in [1.54, 1.807) is 30.2 Å². The molecular weight excluding hydrogens is 410 g/mol. The van der Waals surface area contributed by atoms with Gasteiger partial charge in [0.15, 0.2) is 0 Å². The molecule has 1 saturated carbocycles. The van der Waals surface area contributed by atoms with Gasteiger partial charge in [-0.15, -0.1) is 0 Å². The second-order valence-electron chi connectivity index (χ2n) is 9.02. The van der Waals surface area contributed by atoms with Crippen LogP contribution in [0.3, 0.4) is 0 Å². The lowest BCUT2D eigenvalue weighted by atomic mass is 9.94. The maximum Gasteiger partial charge on any atom is 0.243 e. The average Bonchev–Trinajstić information content (AvgIpc) is 3.18. The van der Waals surface area contributed by atoms with E-state index < -0.39 is 12.0 Å². The lowest BCUT2D eigenvalue weighted by Gasteiger charge is -2.28. The van der Waals surface area contributed by atoms with Crippen LogP contribution in [0, 0.1) is 11.8 Å². The molecule has 8 nitrogen and oxygen atoms in total. The Morgan fingerprint density at radius 3 is 2.44 bits per heavy atom. The Morgan fingerprint density at radius 1 is 1.09 bits per heavy atom. The molecule has 1 saturated heterocycles. The predicted molar refractivity (Wildman–Crippen MR) is 122 cm³/mol. The molecular formula is C24H35N3O5. The molecule has 1 heterocycles. The molecule has 0 spiro atoms. The molecule has 0 aromatic heterocycles. The fourth-order valence-corrected chi connectivity index (χ4v) is 4.47. The zero-order valence-corrected chi connectivity index (χ0v) is 19.5. The van der Waals surface area contributed by atoms with E-state index in [1.807, 2.05) is 13.8 Å². The van der Waals surface area contributed by atoms with E-state index in [1.165, 1.54) is 13.5 Å². The fraction of sp³-hybridized carbons (Fsp3) is 0.625. The van der Waals surface area contributed by atoms with Crippen molar-refractivity contribution in [2.45, 2.75) is 64.5 Å². The zero-order valence-electron chi connectivity index (χ0n) is 19.5. The molecule has 3 amide bonds. The van der Waals surface area contributed by atoms with Crippen LogP contribution in [0.4, 0.5) is 5.69 Å². The van der Waals surface area contributed by atoms with Crippen LogP contribution in [0.5, 0.6) is 11.5 Å². The molecule has 8 heteroatoms. The molecule has 32 heavy (non-hydrogen) atoms. The summed E-state index contributed by atoms with van der Waals surface area (Å²) in [5.41, 5.74) is 0.572. The molecule has 1 aliphatic carbocycles. The minimum atomic E-state index is -0.625. The van der Waals surface area contributed by atoms with Gasteiger partial charge in [-0.25, -0.2) is 0 Å². The SMILES string of the molecule is COc1ccc(OC)c(N2CC(C(=O)NC(C(=O)NC3CCCCC3)C(C)C)CC2=O)c1. The summed E-state index contributed by atoms with van der Waals surface area (Å²) >= 11 is 0. The van der Waals surface area contributed by atoms with E-state index in [0.717, 1.165) is 25.7 Å². The second kappa shape index (κ2) is 10.7. The van der Waals surface area contributed by atoms with Crippen LogP contribution in [-0.2, 0) is 14.4 Å². The van der Waals surface area contributed by atoms with Crippen molar-refractivity contribution in [2.24, 2.45) is 11.8 Å². The van der Waals surface area contributed by atoms with Crippen molar-refractivity contribution in [1.29, 1.82) is 0 Å². The number of amides is 3. The molecule has 1 aromatic carbocycles. The van der Waals surface area contributed by atoms with Crippen LogP contribution in [0.1, 0.15) is 52.4 Å². The monoisotopic (exact) mass is 445 g/mol. The second-order valence-corrected chi connectivity index (χ2v) is 9.02. The van der Waals surface area contributed by atoms with Gasteiger partial charge in [-0.05, 0) is 30.9 Å². The van der Waals surface area contributed by atoms with Crippen molar-refractivity contribution in [3.63, 3.8) is 0 Å². The molecule has 3 rings (SSSR count). The summed E-state index contributed by atoms with van der Waals surface area (Å²) in [6.45, 7) is 4.06. The van der Waals surface area contributed by atoms with E-state index in [2.05, 4.69) is 10.6 Å². The minimum Gasteiger partial charge on any atom is -0.497 e. The number of nitrogens with zero attached hydrogens (tertiary/aromatic N) is 1. The maximum absolute atomic E-state index is 13.0. The lowest BCUT2D eigenvalue weighted by molar-refractivity contribution is -0.132. The van der Waals surface area contributed by atoms with E-state index in [0.29, 0.717) is 17.2 Å². The molecule has 0 bridgehead atoms. The normalized spacial score (nSPS) is 20.2. The standard InChI is InChI=1S/C24H35N3O5/c1-15(2)22(24(30)25-17-8-6-5-7-9-17)26-23(29)16-12-21(28)27(14-16)19-13-18(31-3)10-11-20(19)32-4/h10-11,13,15-17,22H,5-9,12,14H2,1-4H3,(H,25,30)(H,26,29). The highest BCUT2D eigenvalue weighted by atomic mass is 16.5. The number of ether oxygens (including phenoxy) is 2. The van der Waals surface area contributed by atoms with Crippen LogP contribution in [0.15, 0.2) is 18.2 Å². The average molecular weight is 446 g/mol. The number of carbonyl (C=O) groups is 3. The van der Waals surface area contributed by atoms with E-state index >= 15 is 0 Å². The third-order valence-electron chi connectivity index (χ3n) is 6.37. The fourth-order valence-electron chi connectivity index (χ4n) is 4.47. The summed E-state index contributed by atoms with van der Waals surface area (Å²) in [7, 11) is 3.09. The quantitative estimate of drug-likeness (QED) is 0.641. The first-order valence-electron chi connectivity index (χ1n) is 11.5. The van der Waals surface area contributed by atoms with Crippen molar-refractivity contribution in [3.8, 4) is 11.5 Å². The van der Waals surface area contributed by atoms with Crippen LogP contribution in [0.2, 0.25) is 0 Å². The smallest absolute Gasteiger partial charge is 0.243 e. The largest absolute Gasteiger partial charge is 0.497 e. The summed E-state index contributed by atoms with van der Waals surface area (Å²) in [5, 5.41) is 6.01. The van der Waals surface area contributed by atoms with Crippen LogP contribution in [0.25, 0.3) is 0 Å². The molecule has 2 fully saturated rings. The van der Waals surface area contributed by atoms with Crippen molar-refractivity contribution in [2.75, 3.05) is 25.7 Å². The van der Waals surface area contributed by atoms with Crippen molar-refractivity contribution in [3.05, 3.63) is 18.2 Å². The van der Waals surface area contributed by atoms with Gasteiger partial charge in [0, 0.05) is 25.1 Å². The molecule has 2 N–H and O–H groups in total. The number of hydrogen-bond acceptors (Lipinski definition) is 5. The lowest BCUT2D eigenvalue weighted by Crippen LogP contribution is -2.53. The van der Waals surface area contributed by atoms with Gasteiger partial charge in [0.05, 0.1) is 25.8 Å². The summed E-state index contributed by atoms with van der Waals surface area (Å²) in [5.74, 6) is -0.0511. The van der Waals surface area contributed by atoms with Gasteiger partial charge in [-0.1, -0.05) is 33.1 Å². The van der Waals surface area contributed by atoms with Crippen LogP contribution < -0.4 is 25.0 Å².